The van der Waals surface area contributed by atoms with Crippen LogP contribution in [0.1, 0.15) is 41.6 Å². The van der Waals surface area contributed by atoms with Crippen LogP contribution in [0.2, 0.25) is 0 Å². The molecule has 4 nitrogen and oxygen atoms in total. The molecule has 0 aliphatic carbocycles. The minimum absolute atomic E-state index is 0.101. The molecule has 0 aromatic heterocycles. The van der Waals surface area contributed by atoms with Crippen molar-refractivity contribution in [3.63, 3.8) is 0 Å². The minimum Gasteiger partial charge on any atom is -0.389 e. The van der Waals surface area contributed by atoms with Crippen molar-refractivity contribution < 1.29 is 4.79 Å². The van der Waals surface area contributed by atoms with E-state index in [9.17, 15) is 4.79 Å². The van der Waals surface area contributed by atoms with E-state index in [2.05, 4.69) is 71.5 Å². The van der Waals surface area contributed by atoms with E-state index in [1.54, 1.807) is 0 Å². The van der Waals surface area contributed by atoms with Crippen LogP contribution in [-0.4, -0.2) is 25.5 Å². The first-order valence-corrected chi connectivity index (χ1v) is 13.9. The van der Waals surface area contributed by atoms with Gasteiger partial charge in [0.25, 0.3) is 5.91 Å². The Kier molecular flexibility index (Phi) is 8.42. The second kappa shape index (κ2) is 12.5. The van der Waals surface area contributed by atoms with Gasteiger partial charge >= 0.3 is 0 Å². The summed E-state index contributed by atoms with van der Waals surface area (Å²) in [5.41, 5.74) is 7.09. The van der Waals surface area contributed by atoms with Crippen LogP contribution in [0, 0.1) is 5.92 Å². The summed E-state index contributed by atoms with van der Waals surface area (Å²) in [7, 11) is 0. The molecule has 1 fully saturated rings. The van der Waals surface area contributed by atoms with Gasteiger partial charge in [0.15, 0.2) is 0 Å². The average molecular weight is 516 g/mol. The van der Waals surface area contributed by atoms with Gasteiger partial charge in [-0.2, -0.15) is 0 Å². The molecule has 4 aromatic carbocycles. The molecule has 0 bridgehead atoms. The summed E-state index contributed by atoms with van der Waals surface area (Å²) in [6.45, 7) is 9.42. The summed E-state index contributed by atoms with van der Waals surface area (Å²) in [5, 5.41) is 6.58. The monoisotopic (exact) mass is 515 g/mol. The summed E-state index contributed by atoms with van der Waals surface area (Å²) >= 11 is 0. The fourth-order valence-electron chi connectivity index (χ4n) is 5.75. The maximum absolute atomic E-state index is 13.2. The summed E-state index contributed by atoms with van der Waals surface area (Å²) in [4.78, 5) is 15.6. The van der Waals surface area contributed by atoms with Crippen LogP contribution < -0.4 is 15.5 Å². The molecule has 1 aliphatic heterocycles. The molecule has 2 N–H and O–H groups in total. The van der Waals surface area contributed by atoms with Crippen LogP contribution in [0.15, 0.2) is 121 Å². The minimum atomic E-state index is -0.101. The molecule has 0 spiro atoms. The predicted molar refractivity (Wildman–Crippen MR) is 163 cm³/mol. The molecule has 1 atom stereocenters. The molecule has 4 aromatic rings. The van der Waals surface area contributed by atoms with E-state index in [0.717, 1.165) is 55.0 Å². The van der Waals surface area contributed by atoms with Crippen molar-refractivity contribution in [3.8, 4) is 11.1 Å². The molecule has 1 aliphatic rings. The zero-order valence-electron chi connectivity index (χ0n) is 22.6. The maximum Gasteiger partial charge on any atom is 0.256 e. The highest BCUT2D eigenvalue weighted by molar-refractivity contribution is 6.08. The summed E-state index contributed by atoms with van der Waals surface area (Å²) in [6, 6.07) is 36.8. The van der Waals surface area contributed by atoms with E-state index in [1.807, 2.05) is 66.7 Å². The third-order valence-corrected chi connectivity index (χ3v) is 7.70. The number of hydrogen-bond acceptors (Lipinski definition) is 3. The van der Waals surface area contributed by atoms with Gasteiger partial charge in [-0.05, 0) is 72.7 Å². The van der Waals surface area contributed by atoms with Gasteiger partial charge in [0.2, 0.25) is 0 Å². The molecular formula is C35H37N3O. The third-order valence-electron chi connectivity index (χ3n) is 7.70. The second-order valence-corrected chi connectivity index (χ2v) is 10.2. The van der Waals surface area contributed by atoms with Crippen LogP contribution >= 0.6 is 0 Å². The molecule has 5 rings (SSSR count). The Balaban J connectivity index is 1.23. The average Bonchev–Trinajstić information content (AvgIpc) is 2.99. The Morgan fingerprint density at radius 2 is 1.46 bits per heavy atom. The number of carbonyl (C=O) groups excluding carboxylic acids is 1. The first-order valence-electron chi connectivity index (χ1n) is 13.9. The topological polar surface area (TPSA) is 44.4 Å². The molecular weight excluding hydrogens is 478 g/mol. The number of benzene rings is 4. The van der Waals surface area contributed by atoms with Gasteiger partial charge in [0.1, 0.15) is 0 Å². The normalized spacial score (nSPS) is 14.4. The Morgan fingerprint density at radius 3 is 2.13 bits per heavy atom. The molecule has 39 heavy (non-hydrogen) atoms. The van der Waals surface area contributed by atoms with Crippen molar-refractivity contribution in [2.45, 2.75) is 25.7 Å². The number of piperidine rings is 1. The number of rotatable bonds is 9. The number of allylic oxidation sites excluding steroid dienone is 1. The lowest BCUT2D eigenvalue weighted by molar-refractivity contribution is 0.102. The lowest BCUT2D eigenvalue weighted by atomic mass is 9.78. The van der Waals surface area contributed by atoms with Crippen molar-refractivity contribution in [2.24, 2.45) is 5.92 Å². The zero-order valence-corrected chi connectivity index (χ0v) is 22.6. The van der Waals surface area contributed by atoms with E-state index in [4.69, 9.17) is 0 Å². The number of carbonyl (C=O) groups is 1. The molecule has 0 radical (unpaired) electrons. The van der Waals surface area contributed by atoms with Crippen LogP contribution in [0.25, 0.3) is 11.1 Å². The highest BCUT2D eigenvalue weighted by Gasteiger charge is 2.29. The highest BCUT2D eigenvalue weighted by atomic mass is 16.1. The quantitative estimate of drug-likeness (QED) is 0.240. The lowest BCUT2D eigenvalue weighted by Crippen LogP contribution is -2.37. The van der Waals surface area contributed by atoms with E-state index in [-0.39, 0.29) is 5.91 Å². The molecule has 198 valence electrons. The molecule has 1 saturated heterocycles. The fourth-order valence-corrected chi connectivity index (χ4v) is 5.75. The van der Waals surface area contributed by atoms with Gasteiger partial charge < -0.3 is 15.5 Å². The summed E-state index contributed by atoms with van der Waals surface area (Å²) in [5.74, 6) is 0.777. The number of nitrogens with zero attached hydrogens (tertiary/aromatic N) is 1. The predicted octanol–water partition coefficient (Wildman–Crippen LogP) is 7.73. The van der Waals surface area contributed by atoms with Gasteiger partial charge in [0.05, 0.1) is 0 Å². The largest absolute Gasteiger partial charge is 0.389 e. The van der Waals surface area contributed by atoms with Crippen molar-refractivity contribution in [1.29, 1.82) is 0 Å². The third kappa shape index (κ3) is 6.23. The van der Waals surface area contributed by atoms with Crippen molar-refractivity contribution in [1.82, 2.24) is 5.32 Å². The first-order chi connectivity index (χ1) is 19.1. The number of amides is 1. The van der Waals surface area contributed by atoms with Crippen LogP contribution in [-0.2, 0) is 0 Å². The number of anilines is 2. The standard InChI is InChI=1S/C35H37N3O/c1-3-36-26(2)34(28-14-8-5-9-15-28)29-22-24-38(25-23-29)31-20-18-30(19-21-31)37-35(39)33-17-11-10-16-32(33)27-12-6-4-7-13-27/h4-21,29,34,36H,2-3,22-25H2,1H3,(H,37,39). The van der Waals surface area contributed by atoms with Crippen LogP contribution in [0.3, 0.4) is 0 Å². The van der Waals surface area contributed by atoms with Gasteiger partial charge in [-0.15, -0.1) is 0 Å². The van der Waals surface area contributed by atoms with Crippen molar-refractivity contribution >= 4 is 17.3 Å². The van der Waals surface area contributed by atoms with E-state index >= 15 is 0 Å². The van der Waals surface area contributed by atoms with Gasteiger partial charge in [-0.25, -0.2) is 0 Å². The van der Waals surface area contributed by atoms with Gasteiger partial charge in [0, 0.05) is 48.2 Å². The maximum atomic E-state index is 13.2. The SMILES string of the molecule is C=C(NCC)C(c1ccccc1)C1CCN(c2ccc(NC(=O)c3ccccc3-c3ccccc3)cc2)CC1. The molecule has 1 amide bonds. The second-order valence-electron chi connectivity index (χ2n) is 10.2. The molecule has 1 heterocycles. The van der Waals surface area contributed by atoms with Crippen molar-refractivity contribution in [3.05, 3.63) is 133 Å². The molecule has 0 saturated carbocycles. The van der Waals surface area contributed by atoms with Crippen LogP contribution in [0.5, 0.6) is 0 Å². The van der Waals surface area contributed by atoms with Crippen molar-refractivity contribution in [2.75, 3.05) is 29.9 Å². The summed E-state index contributed by atoms with van der Waals surface area (Å²) < 4.78 is 0. The number of hydrogen-bond donors (Lipinski definition) is 2. The Labute approximate surface area is 232 Å². The van der Waals surface area contributed by atoms with E-state index in [1.165, 1.54) is 11.3 Å². The van der Waals surface area contributed by atoms with Gasteiger partial charge in [-0.3, -0.25) is 4.79 Å². The number of likely N-dealkylation sites (N-methyl/N-ethyl adjacent to an activating group) is 1. The first kappa shape index (κ1) is 26.3. The summed E-state index contributed by atoms with van der Waals surface area (Å²) in [6.07, 6.45) is 2.22. The van der Waals surface area contributed by atoms with Gasteiger partial charge in [-0.1, -0.05) is 85.4 Å². The Morgan fingerprint density at radius 1 is 0.846 bits per heavy atom. The highest BCUT2D eigenvalue weighted by Crippen LogP contribution is 2.37. The smallest absolute Gasteiger partial charge is 0.256 e. The van der Waals surface area contributed by atoms with E-state index in [0.29, 0.717) is 17.4 Å². The Bertz CT molecular complexity index is 1370. The molecule has 1 unspecified atom stereocenters. The zero-order chi connectivity index (χ0) is 27.0. The van der Waals surface area contributed by atoms with E-state index < -0.39 is 0 Å². The Hall–Kier alpha value is -4.31. The lowest BCUT2D eigenvalue weighted by Gasteiger charge is -2.38. The molecule has 4 heteroatoms. The van der Waals surface area contributed by atoms with Crippen LogP contribution in [0.4, 0.5) is 11.4 Å². The number of nitrogens with one attached hydrogen (secondary N) is 2. The fraction of sp³-hybridized carbons (Fsp3) is 0.229.